The summed E-state index contributed by atoms with van der Waals surface area (Å²) in [5.41, 5.74) is 1.80. The molecule has 3 aromatic rings. The number of anilines is 1. The molecule has 1 saturated heterocycles. The molecule has 0 amide bonds. The molecule has 30 heavy (non-hydrogen) atoms. The van der Waals surface area contributed by atoms with E-state index in [1.807, 2.05) is 11.0 Å². The molecule has 1 fully saturated rings. The van der Waals surface area contributed by atoms with Crippen LogP contribution < -0.4 is 4.90 Å². The number of benzene rings is 2. The number of allylic oxidation sites excluding steroid dienone is 1. The molecule has 7 heteroatoms. The lowest BCUT2D eigenvalue weighted by molar-refractivity contribution is -0.384. The van der Waals surface area contributed by atoms with Gasteiger partial charge in [0.25, 0.3) is 5.69 Å². The predicted molar refractivity (Wildman–Crippen MR) is 114 cm³/mol. The second-order valence-corrected chi connectivity index (χ2v) is 6.83. The number of rotatable bonds is 6. The average molecular weight is 404 g/mol. The molecule has 0 aliphatic carbocycles. The van der Waals surface area contributed by atoms with E-state index in [4.69, 9.17) is 9.15 Å². The predicted octanol–water partition coefficient (Wildman–Crippen LogP) is 4.59. The van der Waals surface area contributed by atoms with Crippen LogP contribution in [0.15, 0.2) is 71.2 Å². The molecule has 0 radical (unpaired) electrons. The van der Waals surface area contributed by atoms with E-state index in [1.165, 1.54) is 12.1 Å². The third-order valence-corrected chi connectivity index (χ3v) is 4.89. The third-order valence-electron chi connectivity index (χ3n) is 4.89. The Morgan fingerprint density at radius 3 is 2.53 bits per heavy atom. The van der Waals surface area contributed by atoms with Crippen LogP contribution in [0, 0.1) is 10.1 Å². The van der Waals surface area contributed by atoms with E-state index in [1.54, 1.807) is 54.6 Å². The van der Waals surface area contributed by atoms with Crippen molar-refractivity contribution in [3.05, 3.63) is 88.2 Å². The van der Waals surface area contributed by atoms with E-state index in [-0.39, 0.29) is 16.4 Å². The zero-order valence-corrected chi connectivity index (χ0v) is 16.2. The minimum absolute atomic E-state index is 0.0298. The van der Waals surface area contributed by atoms with Crippen LogP contribution in [0.1, 0.15) is 16.1 Å². The van der Waals surface area contributed by atoms with Crippen LogP contribution in [0.5, 0.6) is 0 Å². The van der Waals surface area contributed by atoms with Gasteiger partial charge < -0.3 is 14.1 Å². The Labute approximate surface area is 173 Å². The summed E-state index contributed by atoms with van der Waals surface area (Å²) in [6.07, 6.45) is 3.04. The number of nitro benzene ring substituents is 1. The highest BCUT2D eigenvalue weighted by atomic mass is 16.6. The van der Waals surface area contributed by atoms with Gasteiger partial charge in [-0.2, -0.15) is 0 Å². The molecule has 1 aliphatic rings. The fourth-order valence-electron chi connectivity index (χ4n) is 3.35. The third kappa shape index (κ3) is 4.31. The first kappa shape index (κ1) is 19.6. The molecule has 152 valence electrons. The van der Waals surface area contributed by atoms with E-state index in [2.05, 4.69) is 0 Å². The first-order chi connectivity index (χ1) is 14.6. The number of furan rings is 1. The number of carbonyl (C=O) groups excluding carboxylic acids is 1. The molecule has 0 saturated carbocycles. The molecular weight excluding hydrogens is 384 g/mol. The minimum atomic E-state index is -0.378. The summed E-state index contributed by atoms with van der Waals surface area (Å²) in [6.45, 7) is 2.33. The van der Waals surface area contributed by atoms with E-state index >= 15 is 0 Å². The zero-order chi connectivity index (χ0) is 20.9. The fourth-order valence-corrected chi connectivity index (χ4v) is 3.35. The number of nitro groups is 1. The highest BCUT2D eigenvalue weighted by Crippen LogP contribution is 2.34. The Bertz CT molecular complexity index is 1080. The van der Waals surface area contributed by atoms with Crippen molar-refractivity contribution in [2.45, 2.75) is 0 Å². The lowest BCUT2D eigenvalue weighted by Crippen LogP contribution is -2.36. The molecule has 0 N–H and O–H groups in total. The summed E-state index contributed by atoms with van der Waals surface area (Å²) in [4.78, 5) is 25.4. The normalized spacial score (nSPS) is 14.2. The number of carbonyl (C=O) groups is 1. The molecular formula is C23H20N2O5. The summed E-state index contributed by atoms with van der Waals surface area (Å²) < 4.78 is 11.1. The topological polar surface area (TPSA) is 85.8 Å². The number of hydrogen-bond acceptors (Lipinski definition) is 6. The molecule has 1 aliphatic heterocycles. The van der Waals surface area contributed by atoms with Crippen molar-refractivity contribution >= 4 is 23.2 Å². The van der Waals surface area contributed by atoms with Gasteiger partial charge in [-0.3, -0.25) is 14.9 Å². The van der Waals surface area contributed by atoms with Crippen LogP contribution in [0.25, 0.3) is 17.4 Å². The molecule has 0 spiro atoms. The van der Waals surface area contributed by atoms with Crippen molar-refractivity contribution in [2.75, 3.05) is 31.2 Å². The Kier molecular flexibility index (Phi) is 5.72. The molecule has 2 heterocycles. The van der Waals surface area contributed by atoms with Gasteiger partial charge in [-0.1, -0.05) is 30.3 Å². The first-order valence-corrected chi connectivity index (χ1v) is 9.60. The Balaban J connectivity index is 1.55. The van der Waals surface area contributed by atoms with Gasteiger partial charge in [0.2, 0.25) is 0 Å². The van der Waals surface area contributed by atoms with Gasteiger partial charge in [0.1, 0.15) is 17.2 Å². The summed E-state index contributed by atoms with van der Waals surface area (Å²) in [7, 11) is 0. The highest BCUT2D eigenvalue weighted by Gasteiger charge is 2.22. The fraction of sp³-hybridized carbons (Fsp3) is 0.174. The largest absolute Gasteiger partial charge is 0.457 e. The zero-order valence-electron chi connectivity index (χ0n) is 16.2. The average Bonchev–Trinajstić information content (AvgIpc) is 3.27. The van der Waals surface area contributed by atoms with Crippen LogP contribution in [-0.2, 0) is 4.74 Å². The van der Waals surface area contributed by atoms with E-state index in [0.29, 0.717) is 54.6 Å². The standard InChI is InChI=1S/C23H20N2O5/c26-22(17-4-2-1-3-5-17)10-7-19-8-11-23(30-19)18-6-9-20(21(16-18)25(27)28)24-12-14-29-15-13-24/h1-11,16H,12-15H2/b10-7+. The quantitative estimate of drug-likeness (QED) is 0.259. The molecule has 0 atom stereocenters. The maximum absolute atomic E-state index is 12.2. The van der Waals surface area contributed by atoms with E-state index < -0.39 is 0 Å². The number of nitrogens with zero attached hydrogens (tertiary/aromatic N) is 2. The van der Waals surface area contributed by atoms with Gasteiger partial charge in [-0.25, -0.2) is 0 Å². The second kappa shape index (κ2) is 8.75. The molecule has 0 unspecified atom stereocenters. The molecule has 1 aromatic heterocycles. The molecule has 7 nitrogen and oxygen atoms in total. The van der Waals surface area contributed by atoms with Crippen molar-refractivity contribution in [1.82, 2.24) is 0 Å². The van der Waals surface area contributed by atoms with Gasteiger partial charge >= 0.3 is 0 Å². The highest BCUT2D eigenvalue weighted by molar-refractivity contribution is 6.06. The lowest BCUT2D eigenvalue weighted by Gasteiger charge is -2.28. The van der Waals surface area contributed by atoms with Crippen molar-refractivity contribution in [3.63, 3.8) is 0 Å². The van der Waals surface area contributed by atoms with Crippen molar-refractivity contribution in [1.29, 1.82) is 0 Å². The van der Waals surface area contributed by atoms with Crippen molar-refractivity contribution in [3.8, 4) is 11.3 Å². The van der Waals surface area contributed by atoms with Gasteiger partial charge in [0, 0.05) is 30.3 Å². The van der Waals surface area contributed by atoms with Gasteiger partial charge in [0.05, 0.1) is 18.1 Å². The number of ether oxygens (including phenoxy) is 1. The Morgan fingerprint density at radius 1 is 1.03 bits per heavy atom. The maximum atomic E-state index is 12.2. The van der Waals surface area contributed by atoms with Gasteiger partial charge in [0.15, 0.2) is 5.78 Å². The maximum Gasteiger partial charge on any atom is 0.293 e. The lowest BCUT2D eigenvalue weighted by atomic mass is 10.1. The van der Waals surface area contributed by atoms with Crippen molar-refractivity contribution in [2.24, 2.45) is 0 Å². The summed E-state index contributed by atoms with van der Waals surface area (Å²) in [5, 5.41) is 11.6. The van der Waals surface area contributed by atoms with Crippen LogP contribution in [-0.4, -0.2) is 37.0 Å². The summed E-state index contributed by atoms with van der Waals surface area (Å²) in [5.74, 6) is 0.867. The number of morpholine rings is 1. The Hall–Kier alpha value is -3.71. The van der Waals surface area contributed by atoms with Crippen LogP contribution in [0.4, 0.5) is 11.4 Å². The first-order valence-electron chi connectivity index (χ1n) is 9.60. The van der Waals surface area contributed by atoms with Crippen LogP contribution >= 0.6 is 0 Å². The summed E-state index contributed by atoms with van der Waals surface area (Å²) in [6, 6.07) is 17.5. The van der Waals surface area contributed by atoms with E-state index in [9.17, 15) is 14.9 Å². The summed E-state index contributed by atoms with van der Waals surface area (Å²) >= 11 is 0. The van der Waals surface area contributed by atoms with Gasteiger partial charge in [-0.15, -0.1) is 0 Å². The van der Waals surface area contributed by atoms with Crippen molar-refractivity contribution < 1.29 is 18.9 Å². The Morgan fingerprint density at radius 2 is 1.80 bits per heavy atom. The molecule has 2 aromatic carbocycles. The van der Waals surface area contributed by atoms with E-state index in [0.717, 1.165) is 0 Å². The monoisotopic (exact) mass is 404 g/mol. The smallest absolute Gasteiger partial charge is 0.293 e. The minimum Gasteiger partial charge on any atom is -0.457 e. The number of ketones is 1. The molecule has 4 rings (SSSR count). The SMILES string of the molecule is O=C(/C=C/c1ccc(-c2ccc(N3CCOCC3)c([N+](=O)[O-])c2)o1)c1ccccc1. The van der Waals surface area contributed by atoms with Gasteiger partial charge in [-0.05, 0) is 36.4 Å². The van der Waals surface area contributed by atoms with Crippen LogP contribution in [0.3, 0.4) is 0 Å². The second-order valence-electron chi connectivity index (χ2n) is 6.83. The number of hydrogen-bond donors (Lipinski definition) is 0. The molecule has 0 bridgehead atoms. The van der Waals surface area contributed by atoms with Crippen LogP contribution in [0.2, 0.25) is 0 Å².